The molecule has 0 saturated carbocycles. The van der Waals surface area contributed by atoms with Crippen LogP contribution < -0.4 is 5.32 Å². The number of ether oxygens (including phenoxy) is 3. The molecule has 2 aromatic rings. The lowest BCUT2D eigenvalue weighted by Gasteiger charge is -2.31. The van der Waals surface area contributed by atoms with Crippen LogP contribution >= 0.6 is 0 Å². The van der Waals surface area contributed by atoms with Crippen LogP contribution in [0.4, 0.5) is 0 Å². The van der Waals surface area contributed by atoms with Crippen molar-refractivity contribution < 1.29 is 14.2 Å². The topological polar surface area (TPSA) is 68.4 Å². The highest BCUT2D eigenvalue weighted by Crippen LogP contribution is 2.33. The predicted molar refractivity (Wildman–Crippen MR) is 88.5 cm³/mol. The molecule has 4 rings (SSSR count). The fraction of sp³-hybridized carbons (Fsp3) is 0.500. The number of aromatic amines is 1. The van der Waals surface area contributed by atoms with Crippen LogP contribution in [-0.4, -0.2) is 48.2 Å². The fourth-order valence-corrected chi connectivity index (χ4v) is 3.36. The van der Waals surface area contributed by atoms with E-state index >= 15 is 0 Å². The summed E-state index contributed by atoms with van der Waals surface area (Å²) in [5.74, 6) is 0.471. The molecule has 24 heavy (non-hydrogen) atoms. The zero-order valence-electron chi connectivity index (χ0n) is 13.6. The van der Waals surface area contributed by atoms with Crippen molar-refractivity contribution in [3.05, 3.63) is 54.1 Å². The van der Waals surface area contributed by atoms with E-state index in [2.05, 4.69) is 27.4 Å². The normalized spacial score (nSPS) is 24.2. The maximum absolute atomic E-state index is 6.20. The van der Waals surface area contributed by atoms with Crippen LogP contribution in [0.5, 0.6) is 0 Å². The molecule has 6 heteroatoms. The summed E-state index contributed by atoms with van der Waals surface area (Å²) in [6.07, 6.45) is 5.29. The zero-order chi connectivity index (χ0) is 16.2. The lowest BCUT2D eigenvalue weighted by atomic mass is 10.1. The molecule has 0 radical (unpaired) electrons. The molecule has 2 aliphatic rings. The predicted octanol–water partition coefficient (Wildman–Crippen LogP) is 2.01. The van der Waals surface area contributed by atoms with Crippen LogP contribution in [0.15, 0.2) is 42.7 Å². The van der Waals surface area contributed by atoms with E-state index in [0.717, 1.165) is 18.7 Å². The molecule has 128 valence electrons. The molecule has 6 nitrogen and oxygen atoms in total. The van der Waals surface area contributed by atoms with Crippen molar-refractivity contribution in [1.29, 1.82) is 0 Å². The van der Waals surface area contributed by atoms with Crippen LogP contribution in [0.1, 0.15) is 30.3 Å². The van der Waals surface area contributed by atoms with E-state index in [0.29, 0.717) is 26.4 Å². The summed E-state index contributed by atoms with van der Waals surface area (Å²) in [5.41, 5.74) is 1.17. The van der Waals surface area contributed by atoms with Crippen LogP contribution in [0.2, 0.25) is 0 Å². The molecule has 2 saturated heterocycles. The van der Waals surface area contributed by atoms with Crippen molar-refractivity contribution in [1.82, 2.24) is 15.3 Å². The summed E-state index contributed by atoms with van der Waals surface area (Å²) >= 11 is 0. The highest BCUT2D eigenvalue weighted by atomic mass is 16.7. The first-order valence-corrected chi connectivity index (χ1v) is 8.52. The number of hydrogen-bond donors (Lipinski definition) is 2. The van der Waals surface area contributed by atoms with Gasteiger partial charge in [0.2, 0.25) is 0 Å². The number of imidazole rings is 1. The Morgan fingerprint density at radius 1 is 1.25 bits per heavy atom. The Labute approximate surface area is 141 Å². The lowest BCUT2D eigenvalue weighted by molar-refractivity contribution is -0.210. The van der Waals surface area contributed by atoms with Gasteiger partial charge >= 0.3 is 0 Å². The Bertz CT molecular complexity index is 626. The summed E-state index contributed by atoms with van der Waals surface area (Å²) in [5, 5.41) is 3.57. The summed E-state index contributed by atoms with van der Waals surface area (Å²) in [6.45, 7) is 2.74. The Kier molecular flexibility index (Phi) is 4.62. The second-order valence-electron chi connectivity index (χ2n) is 6.30. The van der Waals surface area contributed by atoms with Gasteiger partial charge in [-0.3, -0.25) is 0 Å². The van der Waals surface area contributed by atoms with Gasteiger partial charge < -0.3 is 24.5 Å². The third-order valence-electron chi connectivity index (χ3n) is 4.64. The fourth-order valence-electron chi connectivity index (χ4n) is 3.36. The van der Waals surface area contributed by atoms with Crippen molar-refractivity contribution in [2.24, 2.45) is 0 Å². The van der Waals surface area contributed by atoms with Gasteiger partial charge in [0.1, 0.15) is 5.82 Å². The average Bonchev–Trinajstić information content (AvgIpc) is 3.28. The smallest absolute Gasteiger partial charge is 0.173 e. The van der Waals surface area contributed by atoms with Crippen LogP contribution in [0.3, 0.4) is 0 Å². The van der Waals surface area contributed by atoms with Crippen molar-refractivity contribution in [2.45, 2.75) is 30.8 Å². The SMILES string of the molecule is c1ccc([C@@H](NC[C@@H]2COC3(CCOCC3)O2)c2ncc[nH]2)cc1. The molecule has 2 fully saturated rings. The van der Waals surface area contributed by atoms with Gasteiger partial charge in [0.25, 0.3) is 0 Å². The van der Waals surface area contributed by atoms with E-state index in [1.165, 1.54) is 5.56 Å². The zero-order valence-corrected chi connectivity index (χ0v) is 13.6. The van der Waals surface area contributed by atoms with E-state index in [1.54, 1.807) is 6.20 Å². The minimum atomic E-state index is -0.433. The minimum Gasteiger partial charge on any atom is -0.381 e. The molecule has 0 unspecified atom stereocenters. The largest absolute Gasteiger partial charge is 0.381 e. The Balaban J connectivity index is 1.41. The molecule has 0 amide bonds. The first-order chi connectivity index (χ1) is 11.8. The van der Waals surface area contributed by atoms with E-state index in [4.69, 9.17) is 14.2 Å². The van der Waals surface area contributed by atoms with Gasteiger partial charge in [-0.25, -0.2) is 4.98 Å². The molecule has 1 spiro atoms. The number of hydrogen-bond acceptors (Lipinski definition) is 5. The Hall–Kier alpha value is -1.73. The Morgan fingerprint density at radius 2 is 2.08 bits per heavy atom. The highest BCUT2D eigenvalue weighted by molar-refractivity contribution is 5.24. The van der Waals surface area contributed by atoms with Gasteiger partial charge in [-0.15, -0.1) is 0 Å². The molecule has 1 aromatic heterocycles. The minimum absolute atomic E-state index is 0.0102. The molecule has 0 bridgehead atoms. The Morgan fingerprint density at radius 3 is 2.83 bits per heavy atom. The summed E-state index contributed by atoms with van der Waals surface area (Å²) in [7, 11) is 0. The van der Waals surface area contributed by atoms with Gasteiger partial charge in [0.15, 0.2) is 5.79 Å². The van der Waals surface area contributed by atoms with Gasteiger partial charge in [-0.2, -0.15) is 0 Å². The molecule has 0 aliphatic carbocycles. The molecular formula is C18H23N3O3. The van der Waals surface area contributed by atoms with Crippen LogP contribution in [0.25, 0.3) is 0 Å². The van der Waals surface area contributed by atoms with Crippen molar-refractivity contribution in [3.63, 3.8) is 0 Å². The van der Waals surface area contributed by atoms with Gasteiger partial charge in [0.05, 0.1) is 32.0 Å². The van der Waals surface area contributed by atoms with Crippen LogP contribution in [0, 0.1) is 0 Å². The van der Waals surface area contributed by atoms with E-state index in [9.17, 15) is 0 Å². The maximum Gasteiger partial charge on any atom is 0.173 e. The van der Waals surface area contributed by atoms with Gasteiger partial charge in [-0.05, 0) is 5.56 Å². The third-order valence-corrected chi connectivity index (χ3v) is 4.64. The first-order valence-electron chi connectivity index (χ1n) is 8.52. The number of nitrogens with one attached hydrogen (secondary N) is 2. The number of nitrogens with zero attached hydrogens (tertiary/aromatic N) is 1. The first kappa shape index (κ1) is 15.8. The number of aromatic nitrogens is 2. The van der Waals surface area contributed by atoms with E-state index in [1.807, 2.05) is 24.4 Å². The summed E-state index contributed by atoms with van der Waals surface area (Å²) in [6, 6.07) is 10.3. The number of H-pyrrole nitrogens is 1. The quantitative estimate of drug-likeness (QED) is 0.878. The van der Waals surface area contributed by atoms with Crippen molar-refractivity contribution in [2.75, 3.05) is 26.4 Å². The van der Waals surface area contributed by atoms with Gasteiger partial charge in [0, 0.05) is 31.8 Å². The van der Waals surface area contributed by atoms with Gasteiger partial charge in [-0.1, -0.05) is 30.3 Å². The molecule has 2 atom stereocenters. The standard InChI is InChI=1S/C18H23N3O3/c1-2-4-14(5-3-1)16(17-19-8-9-20-17)21-12-15-13-23-18(24-15)6-10-22-11-7-18/h1-5,8-9,15-16,21H,6-7,10-13H2,(H,19,20)/t15-,16-/m1/s1. The molecular weight excluding hydrogens is 306 g/mol. The highest BCUT2D eigenvalue weighted by Gasteiger charge is 2.42. The monoisotopic (exact) mass is 329 g/mol. The average molecular weight is 329 g/mol. The second-order valence-corrected chi connectivity index (χ2v) is 6.30. The summed E-state index contributed by atoms with van der Waals surface area (Å²) in [4.78, 5) is 7.62. The number of benzene rings is 1. The maximum atomic E-state index is 6.20. The van der Waals surface area contributed by atoms with E-state index < -0.39 is 5.79 Å². The summed E-state index contributed by atoms with van der Waals surface area (Å²) < 4.78 is 17.6. The lowest BCUT2D eigenvalue weighted by Crippen LogP contribution is -2.39. The van der Waals surface area contributed by atoms with Crippen molar-refractivity contribution >= 4 is 0 Å². The second kappa shape index (κ2) is 7.03. The molecule has 2 aliphatic heterocycles. The molecule has 2 N–H and O–H groups in total. The molecule has 1 aromatic carbocycles. The molecule has 3 heterocycles. The number of rotatable bonds is 5. The van der Waals surface area contributed by atoms with Crippen molar-refractivity contribution in [3.8, 4) is 0 Å². The van der Waals surface area contributed by atoms with E-state index in [-0.39, 0.29) is 12.1 Å². The third kappa shape index (κ3) is 3.37. The van der Waals surface area contributed by atoms with Crippen LogP contribution in [-0.2, 0) is 14.2 Å².